The van der Waals surface area contributed by atoms with Gasteiger partial charge in [0.2, 0.25) is 10.0 Å². The molecule has 0 bridgehead atoms. The van der Waals surface area contributed by atoms with Crippen molar-refractivity contribution in [1.29, 1.82) is 5.26 Å². The second-order valence-electron chi connectivity index (χ2n) is 8.26. The van der Waals surface area contributed by atoms with Gasteiger partial charge in [0.15, 0.2) is 0 Å². The molecule has 0 aliphatic heterocycles. The molecule has 1 fully saturated rings. The first-order valence-corrected chi connectivity index (χ1v) is 12.2. The van der Waals surface area contributed by atoms with Gasteiger partial charge in [0.1, 0.15) is 17.0 Å². The van der Waals surface area contributed by atoms with E-state index in [0.29, 0.717) is 17.0 Å². The fraction of sp³-hybridized carbons (Fsp3) is 0.391. The number of rotatable bonds is 6. The van der Waals surface area contributed by atoms with E-state index >= 15 is 0 Å². The van der Waals surface area contributed by atoms with E-state index in [0.717, 1.165) is 55.3 Å². The van der Waals surface area contributed by atoms with Gasteiger partial charge in [-0.3, -0.25) is 4.98 Å². The summed E-state index contributed by atoms with van der Waals surface area (Å²) >= 11 is 0. The minimum Gasteiger partial charge on any atom is -0.335 e. The standard InChI is InChI=1S/C23H23F3N4O2S/c1-3-15-7-10-21-18(11-15)19(12-27)22(30(21)16-5-4-6-16)20-9-8-17(13-28-20)33(31,32)29-14(2)23(24,25)26/h7-11,13-14,16,29H,3-6H2,1-2H3/t14-/m0/s1. The lowest BCUT2D eigenvalue weighted by molar-refractivity contribution is -0.147. The van der Waals surface area contributed by atoms with Gasteiger partial charge in [-0.25, -0.2) is 8.42 Å². The van der Waals surface area contributed by atoms with Gasteiger partial charge in [0.05, 0.1) is 22.5 Å². The molecule has 10 heteroatoms. The molecular weight excluding hydrogens is 453 g/mol. The van der Waals surface area contributed by atoms with Crippen molar-refractivity contribution in [2.75, 3.05) is 0 Å². The second kappa shape index (κ2) is 8.47. The fourth-order valence-corrected chi connectivity index (χ4v) is 5.19. The van der Waals surface area contributed by atoms with Crippen LogP contribution in [0.4, 0.5) is 13.2 Å². The minimum atomic E-state index is -4.71. The van der Waals surface area contributed by atoms with Gasteiger partial charge < -0.3 is 4.57 Å². The highest BCUT2D eigenvalue weighted by Gasteiger charge is 2.39. The predicted molar refractivity (Wildman–Crippen MR) is 118 cm³/mol. The largest absolute Gasteiger partial charge is 0.404 e. The number of nitriles is 1. The van der Waals surface area contributed by atoms with Gasteiger partial charge in [-0.2, -0.15) is 23.2 Å². The zero-order valence-corrected chi connectivity index (χ0v) is 19.0. The number of nitrogens with one attached hydrogen (secondary N) is 1. The summed E-state index contributed by atoms with van der Waals surface area (Å²) in [6.07, 6.45) is 0.141. The van der Waals surface area contributed by atoms with E-state index in [1.165, 1.54) is 12.1 Å². The molecule has 0 saturated heterocycles. The molecule has 1 aromatic carbocycles. The van der Waals surface area contributed by atoms with Crippen molar-refractivity contribution in [3.8, 4) is 17.5 Å². The third-order valence-corrected chi connectivity index (χ3v) is 7.67. The lowest BCUT2D eigenvalue weighted by Gasteiger charge is -2.30. The molecule has 3 aromatic rings. The number of aryl methyl sites for hydroxylation is 1. The Morgan fingerprint density at radius 2 is 2.00 bits per heavy atom. The van der Waals surface area contributed by atoms with Gasteiger partial charge in [0.25, 0.3) is 0 Å². The van der Waals surface area contributed by atoms with Crippen molar-refractivity contribution in [2.45, 2.75) is 62.7 Å². The fourth-order valence-electron chi connectivity index (χ4n) is 4.02. The maximum atomic E-state index is 12.8. The van der Waals surface area contributed by atoms with Gasteiger partial charge in [-0.1, -0.05) is 13.0 Å². The SMILES string of the molecule is CCc1ccc2c(c1)c(C#N)c(-c1ccc(S(=O)(=O)N[C@@H](C)C(F)(F)F)cn1)n2C1CCC1. The van der Waals surface area contributed by atoms with E-state index in [9.17, 15) is 26.9 Å². The molecule has 2 heterocycles. The number of fused-ring (bicyclic) bond motifs is 1. The number of aromatic nitrogens is 2. The molecular formula is C23H23F3N4O2S. The van der Waals surface area contributed by atoms with Crippen molar-refractivity contribution in [3.63, 3.8) is 0 Å². The molecule has 1 N–H and O–H groups in total. The molecule has 1 aliphatic carbocycles. The zero-order chi connectivity index (χ0) is 24.0. The summed E-state index contributed by atoms with van der Waals surface area (Å²) in [7, 11) is -4.42. The van der Waals surface area contributed by atoms with Gasteiger partial charge in [0, 0.05) is 17.6 Å². The number of halogens is 3. The molecule has 0 radical (unpaired) electrons. The highest BCUT2D eigenvalue weighted by Crippen LogP contribution is 2.42. The number of pyridine rings is 1. The van der Waals surface area contributed by atoms with E-state index < -0.39 is 22.2 Å². The van der Waals surface area contributed by atoms with Crippen molar-refractivity contribution >= 4 is 20.9 Å². The van der Waals surface area contributed by atoms with E-state index in [2.05, 4.69) is 15.6 Å². The average molecular weight is 477 g/mol. The summed E-state index contributed by atoms with van der Waals surface area (Å²) in [4.78, 5) is 3.89. The molecule has 33 heavy (non-hydrogen) atoms. The van der Waals surface area contributed by atoms with Crippen LogP contribution in [0.15, 0.2) is 41.4 Å². The topological polar surface area (TPSA) is 87.8 Å². The summed E-state index contributed by atoms with van der Waals surface area (Å²) in [5, 5.41) is 10.8. The van der Waals surface area contributed by atoms with Crippen molar-refractivity contribution in [3.05, 3.63) is 47.7 Å². The van der Waals surface area contributed by atoms with Gasteiger partial charge >= 0.3 is 6.18 Å². The molecule has 1 aliphatic rings. The van der Waals surface area contributed by atoms with Crippen molar-refractivity contribution < 1.29 is 21.6 Å². The summed E-state index contributed by atoms with van der Waals surface area (Å²) in [5.74, 6) is 0. The molecule has 2 aromatic heterocycles. The average Bonchev–Trinajstić information content (AvgIpc) is 3.04. The van der Waals surface area contributed by atoms with Crippen LogP contribution in [0.25, 0.3) is 22.3 Å². The number of benzene rings is 1. The highest BCUT2D eigenvalue weighted by atomic mass is 32.2. The van der Waals surface area contributed by atoms with Crippen molar-refractivity contribution in [1.82, 2.24) is 14.3 Å². The Balaban J connectivity index is 1.80. The molecule has 174 valence electrons. The van der Waals surface area contributed by atoms with Crippen LogP contribution in [0, 0.1) is 11.3 Å². The monoisotopic (exact) mass is 476 g/mol. The number of alkyl halides is 3. The first-order valence-electron chi connectivity index (χ1n) is 10.7. The number of hydrogen-bond acceptors (Lipinski definition) is 4. The Kier molecular flexibility index (Phi) is 5.97. The van der Waals surface area contributed by atoms with Gasteiger partial charge in [-0.15, -0.1) is 0 Å². The summed E-state index contributed by atoms with van der Waals surface area (Å²) in [5.41, 5.74) is 3.47. The quantitative estimate of drug-likeness (QED) is 0.537. The smallest absolute Gasteiger partial charge is 0.335 e. The number of hydrogen-bond donors (Lipinski definition) is 1. The lowest BCUT2D eigenvalue weighted by atomic mass is 9.92. The molecule has 0 unspecified atom stereocenters. The Bertz CT molecular complexity index is 1340. The molecule has 1 saturated carbocycles. The van der Waals surface area contributed by atoms with Crippen LogP contribution in [0.3, 0.4) is 0 Å². The van der Waals surface area contributed by atoms with E-state index in [4.69, 9.17) is 0 Å². The first kappa shape index (κ1) is 23.3. The Labute approximate surface area is 190 Å². The minimum absolute atomic E-state index is 0.205. The van der Waals surface area contributed by atoms with Crippen LogP contribution < -0.4 is 4.72 Å². The summed E-state index contributed by atoms with van der Waals surface area (Å²) < 4.78 is 66.9. The van der Waals surface area contributed by atoms with Crippen LogP contribution in [0.2, 0.25) is 0 Å². The lowest BCUT2D eigenvalue weighted by Crippen LogP contribution is -2.42. The Morgan fingerprint density at radius 1 is 1.27 bits per heavy atom. The maximum absolute atomic E-state index is 12.8. The molecule has 6 nitrogen and oxygen atoms in total. The van der Waals surface area contributed by atoms with Crippen LogP contribution in [0.5, 0.6) is 0 Å². The zero-order valence-electron chi connectivity index (χ0n) is 18.1. The second-order valence-corrected chi connectivity index (χ2v) is 9.97. The van der Waals surface area contributed by atoms with Crippen molar-refractivity contribution in [2.24, 2.45) is 0 Å². The van der Waals surface area contributed by atoms with Crippen LogP contribution in [-0.4, -0.2) is 30.2 Å². The normalized spacial score (nSPS) is 15.9. The van der Waals surface area contributed by atoms with Gasteiger partial charge in [-0.05, 0) is 62.4 Å². The van der Waals surface area contributed by atoms with Crippen LogP contribution >= 0.6 is 0 Å². The van der Waals surface area contributed by atoms with E-state index in [-0.39, 0.29) is 10.9 Å². The van der Waals surface area contributed by atoms with Crippen LogP contribution in [-0.2, 0) is 16.4 Å². The third kappa shape index (κ3) is 4.23. The summed E-state index contributed by atoms with van der Waals surface area (Å²) in [6, 6.07) is 8.93. The molecule has 0 amide bonds. The maximum Gasteiger partial charge on any atom is 0.404 e. The van der Waals surface area contributed by atoms with Crippen LogP contribution in [0.1, 0.15) is 50.3 Å². The molecule has 4 rings (SSSR count). The van der Waals surface area contributed by atoms with E-state index in [1.54, 1.807) is 4.72 Å². The predicted octanol–water partition coefficient (Wildman–Crippen LogP) is 5.09. The number of sulfonamides is 1. The molecule has 0 spiro atoms. The highest BCUT2D eigenvalue weighted by molar-refractivity contribution is 7.89. The molecule has 1 atom stereocenters. The van der Waals surface area contributed by atoms with E-state index in [1.807, 2.05) is 25.1 Å². The Morgan fingerprint density at radius 3 is 2.52 bits per heavy atom. The number of nitrogens with zero attached hydrogens (tertiary/aromatic N) is 3. The Hall–Kier alpha value is -2.90. The summed E-state index contributed by atoms with van der Waals surface area (Å²) in [6.45, 7) is 2.77. The third-order valence-electron chi connectivity index (χ3n) is 6.14. The first-order chi connectivity index (χ1) is 15.6.